The molecule has 3 rings (SSSR count). The van der Waals surface area contributed by atoms with E-state index < -0.39 is 5.60 Å². The molecule has 5 nitrogen and oxygen atoms in total. The molecule has 42 heavy (non-hydrogen) atoms. The summed E-state index contributed by atoms with van der Waals surface area (Å²) in [6, 6.07) is 1.98. The van der Waals surface area contributed by atoms with Crippen LogP contribution in [-0.4, -0.2) is 38.7 Å². The Kier molecular flexibility index (Phi) is 19.6. The van der Waals surface area contributed by atoms with Gasteiger partial charge in [0.2, 0.25) is 0 Å². The molecule has 1 aromatic rings. The standard InChI is InChI=1S/C30H38N4OS.2C2H6.C2H2/c1-7-11-24(9-3)27-16-22(4)20-31-29-17-26(14-15-36-6)33-34(29)21-32-28(27)13-10-12-23(8-2)25-18-30(5,35)19-25;3*1-2/h7-12,14-17,20,22,25,35H,1,3,13,18-19,21H2,2,4-6H3;2*1-2H3;1-2H/b12-10-,15-14+,23-8+,24-11+,27-16-,31-20-,32-28-;;;. The van der Waals surface area contributed by atoms with Gasteiger partial charge in [0.05, 0.1) is 11.3 Å². The van der Waals surface area contributed by atoms with Gasteiger partial charge >= 0.3 is 0 Å². The fourth-order valence-corrected chi connectivity index (χ4v) is 4.81. The highest BCUT2D eigenvalue weighted by atomic mass is 32.2. The third kappa shape index (κ3) is 12.2. The zero-order chi connectivity index (χ0) is 32.1. The summed E-state index contributed by atoms with van der Waals surface area (Å²) in [5, 5.41) is 16.9. The van der Waals surface area contributed by atoms with E-state index >= 15 is 0 Å². The van der Waals surface area contributed by atoms with Gasteiger partial charge in [0.1, 0.15) is 6.67 Å². The summed E-state index contributed by atoms with van der Waals surface area (Å²) in [6.07, 6.45) is 30.5. The number of aliphatic hydroxyl groups is 1. The zero-order valence-corrected chi connectivity index (χ0v) is 27.9. The van der Waals surface area contributed by atoms with Crippen molar-refractivity contribution in [3.8, 4) is 12.8 Å². The molecule has 1 saturated carbocycles. The van der Waals surface area contributed by atoms with E-state index in [2.05, 4.69) is 64.2 Å². The van der Waals surface area contributed by atoms with Gasteiger partial charge in [-0.3, -0.25) is 4.99 Å². The van der Waals surface area contributed by atoms with Crippen molar-refractivity contribution in [1.29, 1.82) is 0 Å². The number of thioether (sulfide) groups is 1. The van der Waals surface area contributed by atoms with Crippen LogP contribution in [0.1, 0.15) is 73.4 Å². The van der Waals surface area contributed by atoms with Crippen LogP contribution < -0.4 is 0 Å². The largest absolute Gasteiger partial charge is 0.390 e. The average molecular weight is 589 g/mol. The zero-order valence-electron chi connectivity index (χ0n) is 27.0. The number of rotatable bonds is 9. The Hall–Kier alpha value is -3.40. The number of nitrogens with zero attached hydrogens (tertiary/aromatic N) is 4. The number of allylic oxidation sites excluding steroid dienone is 10. The van der Waals surface area contributed by atoms with Gasteiger partial charge in [-0.15, -0.1) is 24.6 Å². The Balaban J connectivity index is 0.00000263. The molecule has 6 heteroatoms. The smallest absolute Gasteiger partial charge is 0.152 e. The highest BCUT2D eigenvalue weighted by Crippen LogP contribution is 2.42. The van der Waals surface area contributed by atoms with Crippen molar-refractivity contribution < 1.29 is 5.11 Å². The maximum Gasteiger partial charge on any atom is 0.152 e. The molecule has 1 aromatic heterocycles. The first kappa shape index (κ1) is 38.6. The third-order valence-electron chi connectivity index (χ3n) is 6.36. The second kappa shape index (κ2) is 21.3. The van der Waals surface area contributed by atoms with Crippen LogP contribution in [0.15, 0.2) is 93.9 Å². The van der Waals surface area contributed by atoms with Gasteiger partial charge in [0, 0.05) is 30.3 Å². The van der Waals surface area contributed by atoms with Crippen molar-refractivity contribution in [3.63, 3.8) is 0 Å². The van der Waals surface area contributed by atoms with E-state index in [4.69, 9.17) is 15.1 Å². The summed E-state index contributed by atoms with van der Waals surface area (Å²) in [6.45, 7) is 22.4. The first-order chi connectivity index (χ1) is 20.3. The monoisotopic (exact) mass is 588 g/mol. The number of terminal acetylenes is 1. The average Bonchev–Trinajstić information content (AvgIpc) is 3.40. The first-order valence-electron chi connectivity index (χ1n) is 14.7. The van der Waals surface area contributed by atoms with Crippen LogP contribution in [0.5, 0.6) is 0 Å². The van der Waals surface area contributed by atoms with Crippen LogP contribution in [0, 0.1) is 24.7 Å². The molecule has 0 spiro atoms. The third-order valence-corrected chi connectivity index (χ3v) is 6.77. The lowest BCUT2D eigenvalue weighted by atomic mass is 9.68. The summed E-state index contributed by atoms with van der Waals surface area (Å²) in [5.74, 6) is 1.27. The van der Waals surface area contributed by atoms with Crippen molar-refractivity contribution in [2.24, 2.45) is 21.8 Å². The van der Waals surface area contributed by atoms with Crippen molar-refractivity contribution in [3.05, 3.63) is 89.6 Å². The molecule has 1 N–H and O–H groups in total. The Labute approximate surface area is 260 Å². The van der Waals surface area contributed by atoms with E-state index in [1.807, 2.05) is 81.5 Å². The van der Waals surface area contributed by atoms with E-state index in [-0.39, 0.29) is 5.92 Å². The molecule has 0 bridgehead atoms. The second-order valence-electron chi connectivity index (χ2n) is 9.49. The first-order valence-corrected chi connectivity index (χ1v) is 16.0. The van der Waals surface area contributed by atoms with Gasteiger partial charge in [-0.2, -0.15) is 5.10 Å². The highest BCUT2D eigenvalue weighted by molar-refractivity contribution is 8.01. The van der Waals surface area contributed by atoms with E-state index in [9.17, 15) is 5.11 Å². The SMILES string of the molecule is C#C.C=C/C=C(C=C)/C1=C/C(C)/C=N\c2cc(/C=C/SC)nn2C/N=C\1C/C=C\C(=C/C)C1CC(C)(O)C1.CC.CC. The minimum Gasteiger partial charge on any atom is -0.390 e. The number of hydrogen-bond acceptors (Lipinski definition) is 5. The van der Waals surface area contributed by atoms with E-state index in [0.29, 0.717) is 19.0 Å². The number of fused-ring (bicyclic) bond motifs is 1. The van der Waals surface area contributed by atoms with Crippen LogP contribution in [0.4, 0.5) is 5.82 Å². The number of aromatic nitrogens is 2. The lowest BCUT2D eigenvalue weighted by Gasteiger charge is -2.41. The van der Waals surface area contributed by atoms with Crippen molar-refractivity contribution in [1.82, 2.24) is 9.78 Å². The van der Waals surface area contributed by atoms with Gasteiger partial charge in [-0.25, -0.2) is 9.67 Å². The molecule has 1 aliphatic carbocycles. The molecular formula is C36H52N4OS. The molecule has 1 unspecified atom stereocenters. The van der Waals surface area contributed by atoms with Crippen molar-refractivity contribution in [2.45, 2.75) is 80.0 Å². The molecule has 1 atom stereocenters. The fourth-order valence-electron chi connectivity index (χ4n) is 4.53. The number of hydrogen-bond donors (Lipinski definition) is 1. The number of aliphatic imine (C=N–C) groups is 2. The maximum atomic E-state index is 10.2. The summed E-state index contributed by atoms with van der Waals surface area (Å²) in [4.78, 5) is 9.73. The van der Waals surface area contributed by atoms with Gasteiger partial charge in [0.15, 0.2) is 5.82 Å². The predicted octanol–water partition coefficient (Wildman–Crippen LogP) is 9.55. The van der Waals surface area contributed by atoms with E-state index in [1.165, 1.54) is 5.57 Å². The predicted molar refractivity (Wildman–Crippen MR) is 190 cm³/mol. The van der Waals surface area contributed by atoms with Crippen molar-refractivity contribution >= 4 is 35.6 Å². The molecule has 2 heterocycles. The van der Waals surface area contributed by atoms with Gasteiger partial charge in [-0.05, 0) is 67.1 Å². The molecule has 228 valence electrons. The van der Waals surface area contributed by atoms with Gasteiger partial charge in [0.25, 0.3) is 0 Å². The topological polar surface area (TPSA) is 62.8 Å². The van der Waals surface area contributed by atoms with Gasteiger partial charge in [-0.1, -0.05) is 90.3 Å². The van der Waals surface area contributed by atoms with Crippen LogP contribution in [-0.2, 0) is 6.67 Å². The Morgan fingerprint density at radius 3 is 2.43 bits per heavy atom. The molecular weight excluding hydrogens is 536 g/mol. The lowest BCUT2D eigenvalue weighted by molar-refractivity contribution is -0.0440. The van der Waals surface area contributed by atoms with E-state index in [0.717, 1.165) is 41.2 Å². The fraction of sp³-hybridized carbons (Fsp3) is 0.417. The Morgan fingerprint density at radius 2 is 1.88 bits per heavy atom. The summed E-state index contributed by atoms with van der Waals surface area (Å²) >= 11 is 1.64. The molecule has 0 saturated heterocycles. The maximum absolute atomic E-state index is 10.2. The summed E-state index contributed by atoms with van der Waals surface area (Å²) < 4.78 is 1.84. The highest BCUT2D eigenvalue weighted by Gasteiger charge is 2.39. The molecule has 0 aromatic carbocycles. The lowest BCUT2D eigenvalue weighted by Crippen LogP contribution is -2.41. The van der Waals surface area contributed by atoms with Crippen LogP contribution in [0.3, 0.4) is 0 Å². The molecule has 0 amide bonds. The molecule has 1 aliphatic heterocycles. The van der Waals surface area contributed by atoms with Crippen LogP contribution >= 0.6 is 11.8 Å². The van der Waals surface area contributed by atoms with Gasteiger partial charge < -0.3 is 5.11 Å². The molecule has 0 radical (unpaired) electrons. The summed E-state index contributed by atoms with van der Waals surface area (Å²) in [5.41, 5.74) is 4.54. The Bertz CT molecular complexity index is 1210. The summed E-state index contributed by atoms with van der Waals surface area (Å²) in [7, 11) is 0. The van der Waals surface area contributed by atoms with Crippen LogP contribution in [0.2, 0.25) is 0 Å². The Morgan fingerprint density at radius 1 is 1.21 bits per heavy atom. The van der Waals surface area contributed by atoms with Crippen LogP contribution in [0.25, 0.3) is 6.08 Å². The minimum atomic E-state index is -0.541. The quantitative estimate of drug-likeness (QED) is 0.231. The molecule has 2 aliphatic rings. The second-order valence-corrected chi connectivity index (χ2v) is 10.2. The normalized spacial score (nSPS) is 25.3. The minimum absolute atomic E-state index is 0.0808. The van der Waals surface area contributed by atoms with E-state index in [1.54, 1.807) is 17.8 Å². The van der Waals surface area contributed by atoms with Crippen molar-refractivity contribution in [2.75, 3.05) is 6.26 Å². The molecule has 1 fully saturated rings.